The SMILES string of the molecule is CC(=O)N1CC2(CCN(C(=O)Cn3cc(C)cn3)CC2)C[C@@]1(C)CO. The van der Waals surface area contributed by atoms with Crippen molar-refractivity contribution in [1.82, 2.24) is 19.6 Å². The number of amides is 2. The van der Waals surface area contributed by atoms with Crippen LogP contribution in [0, 0.1) is 12.3 Å². The summed E-state index contributed by atoms with van der Waals surface area (Å²) in [6, 6.07) is 0. The van der Waals surface area contributed by atoms with E-state index in [-0.39, 0.29) is 30.4 Å². The van der Waals surface area contributed by atoms with Crippen LogP contribution < -0.4 is 0 Å². The molecule has 0 saturated carbocycles. The third kappa shape index (κ3) is 3.42. The van der Waals surface area contributed by atoms with Gasteiger partial charge in [-0.1, -0.05) is 0 Å². The van der Waals surface area contributed by atoms with Gasteiger partial charge in [0.15, 0.2) is 0 Å². The predicted molar refractivity (Wildman–Crippen MR) is 92.7 cm³/mol. The Bertz CT molecular complexity index is 663. The Morgan fingerprint density at radius 3 is 2.48 bits per heavy atom. The van der Waals surface area contributed by atoms with E-state index in [0.717, 1.165) is 24.8 Å². The Balaban J connectivity index is 1.61. The molecule has 25 heavy (non-hydrogen) atoms. The molecule has 3 heterocycles. The van der Waals surface area contributed by atoms with Crippen LogP contribution in [0.5, 0.6) is 0 Å². The molecule has 0 unspecified atom stereocenters. The van der Waals surface area contributed by atoms with Gasteiger partial charge >= 0.3 is 0 Å². The third-order valence-corrected chi connectivity index (χ3v) is 5.86. The van der Waals surface area contributed by atoms with Gasteiger partial charge in [-0.15, -0.1) is 0 Å². The molecule has 1 spiro atoms. The molecule has 7 nitrogen and oxygen atoms in total. The summed E-state index contributed by atoms with van der Waals surface area (Å²) in [4.78, 5) is 28.2. The highest BCUT2D eigenvalue weighted by atomic mass is 16.3. The quantitative estimate of drug-likeness (QED) is 0.876. The molecular weight excluding hydrogens is 320 g/mol. The smallest absolute Gasteiger partial charge is 0.244 e. The summed E-state index contributed by atoms with van der Waals surface area (Å²) in [5, 5.41) is 14.0. The highest BCUT2D eigenvalue weighted by Crippen LogP contribution is 2.47. The van der Waals surface area contributed by atoms with E-state index in [1.165, 1.54) is 0 Å². The van der Waals surface area contributed by atoms with Crippen molar-refractivity contribution in [3.63, 3.8) is 0 Å². The topological polar surface area (TPSA) is 78.7 Å². The van der Waals surface area contributed by atoms with Gasteiger partial charge in [-0.3, -0.25) is 14.3 Å². The van der Waals surface area contributed by atoms with Crippen LogP contribution in [0.3, 0.4) is 0 Å². The minimum absolute atomic E-state index is 0.0148. The van der Waals surface area contributed by atoms with Gasteiger partial charge in [0.25, 0.3) is 0 Å². The van der Waals surface area contributed by atoms with Crippen molar-refractivity contribution in [3.05, 3.63) is 18.0 Å². The van der Waals surface area contributed by atoms with E-state index in [4.69, 9.17) is 0 Å². The molecule has 1 aromatic heterocycles. The number of aliphatic hydroxyl groups is 1. The number of carbonyl (C=O) groups excluding carboxylic acids is 2. The highest BCUT2D eigenvalue weighted by Gasteiger charge is 2.52. The molecule has 2 aliphatic rings. The van der Waals surface area contributed by atoms with Crippen molar-refractivity contribution in [2.24, 2.45) is 5.41 Å². The lowest BCUT2D eigenvalue weighted by Crippen LogP contribution is -2.46. The van der Waals surface area contributed by atoms with Crippen LogP contribution in [0.2, 0.25) is 0 Å². The summed E-state index contributed by atoms with van der Waals surface area (Å²) in [5.41, 5.74) is 0.580. The standard InChI is InChI=1S/C18H28N4O3/c1-14-8-19-21(9-14)10-16(25)20-6-4-18(5-7-20)11-17(3,13-23)22(12-18)15(2)24/h8-9,23H,4-7,10-13H2,1-3H3/t17-/m0/s1. The van der Waals surface area contributed by atoms with Gasteiger partial charge in [0.2, 0.25) is 11.8 Å². The normalized spacial score (nSPS) is 25.6. The Labute approximate surface area is 148 Å². The number of aromatic nitrogens is 2. The third-order valence-electron chi connectivity index (χ3n) is 5.86. The molecule has 7 heteroatoms. The Morgan fingerprint density at radius 1 is 1.32 bits per heavy atom. The predicted octanol–water partition coefficient (Wildman–Crippen LogP) is 0.804. The summed E-state index contributed by atoms with van der Waals surface area (Å²) in [7, 11) is 0. The average molecular weight is 348 g/mol. The maximum Gasteiger partial charge on any atom is 0.244 e. The molecule has 3 rings (SSSR count). The Kier molecular flexibility index (Phi) is 4.62. The van der Waals surface area contributed by atoms with Crippen molar-refractivity contribution in [3.8, 4) is 0 Å². The Hall–Kier alpha value is -1.89. The van der Waals surface area contributed by atoms with E-state index >= 15 is 0 Å². The van der Waals surface area contributed by atoms with Crippen molar-refractivity contribution in [2.75, 3.05) is 26.2 Å². The molecule has 1 atom stereocenters. The van der Waals surface area contributed by atoms with Gasteiger partial charge in [0.1, 0.15) is 6.54 Å². The molecular formula is C18H28N4O3. The van der Waals surface area contributed by atoms with Gasteiger partial charge in [-0.05, 0) is 44.1 Å². The second kappa shape index (κ2) is 6.44. The fraction of sp³-hybridized carbons (Fsp3) is 0.722. The first kappa shape index (κ1) is 17.9. The summed E-state index contributed by atoms with van der Waals surface area (Å²) in [6.45, 7) is 7.82. The van der Waals surface area contributed by atoms with E-state index in [9.17, 15) is 14.7 Å². The lowest BCUT2D eigenvalue weighted by molar-refractivity contribution is -0.136. The maximum atomic E-state index is 12.5. The first-order chi connectivity index (χ1) is 11.8. The van der Waals surface area contributed by atoms with E-state index in [1.54, 1.807) is 17.8 Å². The van der Waals surface area contributed by atoms with Crippen LogP contribution in [0.1, 0.15) is 38.7 Å². The first-order valence-electron chi connectivity index (χ1n) is 8.93. The zero-order chi connectivity index (χ0) is 18.2. The van der Waals surface area contributed by atoms with Crippen LogP contribution in [0.15, 0.2) is 12.4 Å². The molecule has 2 amide bonds. The van der Waals surface area contributed by atoms with E-state index in [0.29, 0.717) is 19.6 Å². The molecule has 2 aliphatic heterocycles. The van der Waals surface area contributed by atoms with Crippen LogP contribution in [-0.4, -0.2) is 68.3 Å². The number of nitrogens with zero attached hydrogens (tertiary/aromatic N) is 4. The highest BCUT2D eigenvalue weighted by molar-refractivity contribution is 5.76. The second-order valence-corrected chi connectivity index (χ2v) is 8.03. The number of aryl methyl sites for hydroxylation is 1. The number of hydrogen-bond acceptors (Lipinski definition) is 4. The van der Waals surface area contributed by atoms with Gasteiger partial charge in [-0.2, -0.15) is 5.10 Å². The van der Waals surface area contributed by atoms with E-state index in [2.05, 4.69) is 5.10 Å². The number of hydrogen-bond donors (Lipinski definition) is 1. The molecule has 0 bridgehead atoms. The molecule has 1 aromatic rings. The summed E-state index contributed by atoms with van der Waals surface area (Å²) in [6.07, 6.45) is 6.17. The van der Waals surface area contributed by atoms with Crippen molar-refractivity contribution >= 4 is 11.8 Å². The number of carbonyl (C=O) groups is 2. The Morgan fingerprint density at radius 2 is 2.00 bits per heavy atom. The minimum Gasteiger partial charge on any atom is -0.394 e. The average Bonchev–Trinajstić information content (AvgIpc) is 3.10. The fourth-order valence-electron chi connectivity index (χ4n) is 4.48. The number of aliphatic hydroxyl groups excluding tert-OH is 1. The van der Waals surface area contributed by atoms with E-state index in [1.807, 2.05) is 29.8 Å². The van der Waals surface area contributed by atoms with Gasteiger partial charge < -0.3 is 14.9 Å². The number of rotatable bonds is 3. The summed E-state index contributed by atoms with van der Waals surface area (Å²) in [5.74, 6) is 0.102. The van der Waals surface area contributed by atoms with Crippen molar-refractivity contribution < 1.29 is 14.7 Å². The first-order valence-corrected chi connectivity index (χ1v) is 8.93. The molecule has 0 radical (unpaired) electrons. The fourth-order valence-corrected chi connectivity index (χ4v) is 4.48. The molecule has 2 fully saturated rings. The van der Waals surface area contributed by atoms with Gasteiger partial charge in [0.05, 0.1) is 18.3 Å². The lowest BCUT2D eigenvalue weighted by atomic mass is 9.74. The molecule has 0 aliphatic carbocycles. The second-order valence-electron chi connectivity index (χ2n) is 8.03. The van der Waals surface area contributed by atoms with E-state index < -0.39 is 5.54 Å². The van der Waals surface area contributed by atoms with Crippen LogP contribution in [0.25, 0.3) is 0 Å². The van der Waals surface area contributed by atoms with Gasteiger partial charge in [0, 0.05) is 32.8 Å². The minimum atomic E-state index is -0.482. The van der Waals surface area contributed by atoms with Crippen LogP contribution >= 0.6 is 0 Å². The summed E-state index contributed by atoms with van der Waals surface area (Å²) >= 11 is 0. The monoisotopic (exact) mass is 348 g/mol. The van der Waals surface area contributed by atoms with Crippen molar-refractivity contribution in [2.45, 2.75) is 52.1 Å². The molecule has 2 saturated heterocycles. The zero-order valence-electron chi connectivity index (χ0n) is 15.4. The summed E-state index contributed by atoms with van der Waals surface area (Å²) < 4.78 is 1.68. The largest absolute Gasteiger partial charge is 0.394 e. The van der Waals surface area contributed by atoms with Crippen LogP contribution in [0.4, 0.5) is 0 Å². The lowest BCUT2D eigenvalue weighted by Gasteiger charge is -2.39. The molecule has 0 aromatic carbocycles. The number of piperidine rings is 1. The zero-order valence-corrected chi connectivity index (χ0v) is 15.4. The van der Waals surface area contributed by atoms with Gasteiger partial charge in [-0.25, -0.2) is 0 Å². The maximum absolute atomic E-state index is 12.5. The molecule has 1 N–H and O–H groups in total. The molecule has 138 valence electrons. The van der Waals surface area contributed by atoms with Crippen molar-refractivity contribution in [1.29, 1.82) is 0 Å². The number of likely N-dealkylation sites (tertiary alicyclic amines) is 2. The van der Waals surface area contributed by atoms with Crippen LogP contribution in [-0.2, 0) is 16.1 Å².